The third-order valence-electron chi connectivity index (χ3n) is 1.77. The number of rotatable bonds is 3. The van der Waals surface area contributed by atoms with Crippen molar-refractivity contribution in [2.45, 2.75) is 6.67 Å². The Labute approximate surface area is 75.9 Å². The lowest BCUT2D eigenvalue weighted by atomic mass is 9.77. The lowest BCUT2D eigenvalue weighted by Crippen LogP contribution is -2.32. The zero-order valence-corrected chi connectivity index (χ0v) is 7.20. The Bertz CT molecular complexity index is 291. The minimum absolute atomic E-state index is 0.170. The summed E-state index contributed by atoms with van der Waals surface area (Å²) in [5.74, 6) is 0.497. The van der Waals surface area contributed by atoms with Gasteiger partial charge < -0.3 is 14.8 Å². The molecule has 3 nitrogen and oxygen atoms in total. The smallest absolute Gasteiger partial charge is 0.488 e. The molecule has 0 unspecified atom stereocenters. The summed E-state index contributed by atoms with van der Waals surface area (Å²) in [6.07, 6.45) is 0. The fourth-order valence-electron chi connectivity index (χ4n) is 1.08. The first-order valence-electron chi connectivity index (χ1n) is 3.78. The van der Waals surface area contributed by atoms with E-state index in [1.54, 1.807) is 6.07 Å². The van der Waals surface area contributed by atoms with E-state index in [2.05, 4.69) is 0 Å². The average molecular weight is 184 g/mol. The predicted molar refractivity (Wildman–Crippen MR) is 47.6 cm³/mol. The van der Waals surface area contributed by atoms with Crippen LogP contribution in [0.5, 0.6) is 5.75 Å². The number of methoxy groups -OCH3 is 1. The summed E-state index contributed by atoms with van der Waals surface area (Å²) in [5, 5.41) is 17.7. The average Bonchev–Trinajstić information content (AvgIpc) is 2.16. The molecule has 0 aliphatic rings. The summed E-state index contributed by atoms with van der Waals surface area (Å²) in [7, 11) is -0.177. The van der Waals surface area contributed by atoms with Crippen molar-refractivity contribution in [3.8, 4) is 5.75 Å². The van der Waals surface area contributed by atoms with Gasteiger partial charge in [-0.05, 0) is 23.2 Å². The normalized spacial score (nSPS) is 9.85. The molecule has 0 heterocycles. The van der Waals surface area contributed by atoms with Crippen LogP contribution in [0.1, 0.15) is 5.56 Å². The van der Waals surface area contributed by atoms with Crippen LogP contribution >= 0.6 is 0 Å². The van der Waals surface area contributed by atoms with Crippen LogP contribution in [0.4, 0.5) is 4.39 Å². The molecular weight excluding hydrogens is 174 g/mol. The maximum Gasteiger partial charge on any atom is 0.488 e. The Kier molecular flexibility index (Phi) is 3.28. The van der Waals surface area contributed by atoms with Crippen LogP contribution in [-0.2, 0) is 6.67 Å². The molecule has 0 spiro atoms. The molecule has 0 aliphatic heterocycles. The molecule has 13 heavy (non-hydrogen) atoms. The molecule has 5 heteroatoms. The Morgan fingerprint density at radius 3 is 2.62 bits per heavy atom. The zero-order chi connectivity index (χ0) is 9.84. The highest BCUT2D eigenvalue weighted by Gasteiger charge is 2.15. The van der Waals surface area contributed by atoms with Gasteiger partial charge in [0.15, 0.2) is 0 Å². The quantitative estimate of drug-likeness (QED) is 0.642. The summed E-state index contributed by atoms with van der Waals surface area (Å²) in [6, 6.07) is 4.42. The van der Waals surface area contributed by atoms with Crippen LogP contribution < -0.4 is 10.2 Å². The monoisotopic (exact) mass is 184 g/mol. The van der Waals surface area contributed by atoms with Crippen LogP contribution in [0.2, 0.25) is 0 Å². The van der Waals surface area contributed by atoms with Crippen molar-refractivity contribution in [3.05, 3.63) is 23.8 Å². The molecule has 0 saturated heterocycles. The molecular formula is C8H10BFO3. The fraction of sp³-hybridized carbons (Fsp3) is 0.250. The topological polar surface area (TPSA) is 49.7 Å². The maximum absolute atomic E-state index is 12.4. The first-order valence-corrected chi connectivity index (χ1v) is 3.78. The molecule has 0 bridgehead atoms. The van der Waals surface area contributed by atoms with Crippen molar-refractivity contribution >= 4 is 12.6 Å². The van der Waals surface area contributed by atoms with E-state index in [9.17, 15) is 4.39 Å². The zero-order valence-electron chi connectivity index (χ0n) is 7.20. The van der Waals surface area contributed by atoms with Gasteiger partial charge in [0.1, 0.15) is 12.4 Å². The van der Waals surface area contributed by atoms with Crippen molar-refractivity contribution in [1.29, 1.82) is 0 Å². The van der Waals surface area contributed by atoms with Crippen molar-refractivity contribution in [2.24, 2.45) is 0 Å². The first-order chi connectivity index (χ1) is 6.19. The molecule has 0 amide bonds. The minimum Gasteiger partial charge on any atom is -0.497 e. The van der Waals surface area contributed by atoms with Gasteiger partial charge in [0, 0.05) is 0 Å². The highest BCUT2D eigenvalue weighted by Crippen LogP contribution is 2.12. The molecule has 1 aromatic rings. The molecule has 0 aliphatic carbocycles. The van der Waals surface area contributed by atoms with E-state index in [0.29, 0.717) is 5.75 Å². The van der Waals surface area contributed by atoms with Gasteiger partial charge in [-0.2, -0.15) is 0 Å². The standard InChI is InChI=1S/C8H10BFO3/c1-13-7-2-3-8(9(11)12)6(4-7)5-10/h2-4,11-12H,5H2,1H3. The number of halogens is 1. The van der Waals surface area contributed by atoms with Crippen LogP contribution in [0, 0.1) is 0 Å². The molecule has 0 fully saturated rings. The van der Waals surface area contributed by atoms with Gasteiger partial charge in [-0.1, -0.05) is 6.07 Å². The Morgan fingerprint density at radius 2 is 2.15 bits per heavy atom. The van der Waals surface area contributed by atoms with Crippen LogP contribution in [0.3, 0.4) is 0 Å². The SMILES string of the molecule is COc1ccc(B(O)O)c(CF)c1. The third kappa shape index (κ3) is 2.20. The summed E-state index contributed by atoms with van der Waals surface area (Å²) >= 11 is 0. The molecule has 1 aromatic carbocycles. The van der Waals surface area contributed by atoms with Crippen LogP contribution in [0.15, 0.2) is 18.2 Å². The van der Waals surface area contributed by atoms with Crippen molar-refractivity contribution in [1.82, 2.24) is 0 Å². The van der Waals surface area contributed by atoms with Gasteiger partial charge in [-0.15, -0.1) is 0 Å². The second kappa shape index (κ2) is 4.25. The molecule has 2 N–H and O–H groups in total. The third-order valence-corrected chi connectivity index (χ3v) is 1.77. The Morgan fingerprint density at radius 1 is 1.46 bits per heavy atom. The van der Waals surface area contributed by atoms with E-state index < -0.39 is 13.8 Å². The highest BCUT2D eigenvalue weighted by atomic mass is 19.1. The predicted octanol–water partition coefficient (Wildman–Crippen LogP) is -0.156. The molecule has 0 radical (unpaired) electrons. The lowest BCUT2D eigenvalue weighted by molar-refractivity contribution is 0.410. The van der Waals surface area contributed by atoms with Gasteiger partial charge in [0.25, 0.3) is 0 Å². The summed E-state index contributed by atoms with van der Waals surface area (Å²) in [6.45, 7) is -0.746. The second-order valence-corrected chi connectivity index (χ2v) is 2.57. The lowest BCUT2D eigenvalue weighted by Gasteiger charge is -2.07. The van der Waals surface area contributed by atoms with Crippen molar-refractivity contribution < 1.29 is 19.2 Å². The number of hydrogen-bond donors (Lipinski definition) is 2. The van der Waals surface area contributed by atoms with Gasteiger partial charge in [0.05, 0.1) is 7.11 Å². The summed E-state index contributed by atoms with van der Waals surface area (Å²) < 4.78 is 17.2. The minimum atomic E-state index is -1.64. The van der Waals surface area contributed by atoms with E-state index in [4.69, 9.17) is 14.8 Å². The summed E-state index contributed by atoms with van der Waals surface area (Å²) in [4.78, 5) is 0. The number of benzene rings is 1. The molecule has 0 atom stereocenters. The van der Waals surface area contributed by atoms with E-state index in [1.165, 1.54) is 19.2 Å². The van der Waals surface area contributed by atoms with Gasteiger partial charge in [-0.25, -0.2) is 4.39 Å². The fourth-order valence-corrected chi connectivity index (χ4v) is 1.08. The largest absolute Gasteiger partial charge is 0.497 e. The van der Waals surface area contributed by atoms with Crippen molar-refractivity contribution in [2.75, 3.05) is 7.11 Å². The number of hydrogen-bond acceptors (Lipinski definition) is 3. The molecule has 0 saturated carbocycles. The molecule has 0 aromatic heterocycles. The van der Waals surface area contributed by atoms with Gasteiger partial charge in [-0.3, -0.25) is 0 Å². The van der Waals surface area contributed by atoms with E-state index in [-0.39, 0.29) is 11.0 Å². The molecule has 70 valence electrons. The Hall–Kier alpha value is -1.07. The van der Waals surface area contributed by atoms with Gasteiger partial charge in [0.2, 0.25) is 0 Å². The van der Waals surface area contributed by atoms with E-state index in [0.717, 1.165) is 0 Å². The maximum atomic E-state index is 12.4. The number of alkyl halides is 1. The first kappa shape index (κ1) is 10.0. The molecule has 1 rings (SSSR count). The van der Waals surface area contributed by atoms with E-state index >= 15 is 0 Å². The summed E-state index contributed by atoms with van der Waals surface area (Å²) in [5.41, 5.74) is 0.401. The van der Waals surface area contributed by atoms with Crippen LogP contribution in [-0.4, -0.2) is 24.3 Å². The highest BCUT2D eigenvalue weighted by molar-refractivity contribution is 6.59. The second-order valence-electron chi connectivity index (χ2n) is 2.57. The van der Waals surface area contributed by atoms with E-state index in [1.807, 2.05) is 0 Å². The van der Waals surface area contributed by atoms with Crippen molar-refractivity contribution in [3.63, 3.8) is 0 Å². The van der Waals surface area contributed by atoms with Gasteiger partial charge >= 0.3 is 7.12 Å². The number of ether oxygens (including phenoxy) is 1. The Balaban J connectivity index is 3.08. The van der Waals surface area contributed by atoms with Crippen LogP contribution in [0.25, 0.3) is 0 Å².